The Balaban J connectivity index is 2.23. The average Bonchev–Trinajstić information content (AvgIpc) is 2.48. The number of nitrogens with zero attached hydrogens (tertiary/aromatic N) is 2. The van der Waals surface area contributed by atoms with E-state index in [9.17, 15) is 20.0 Å². The van der Waals surface area contributed by atoms with Crippen molar-refractivity contribution >= 4 is 11.6 Å². The molecule has 2 unspecified atom stereocenters. The Labute approximate surface area is 122 Å². The van der Waals surface area contributed by atoms with Crippen molar-refractivity contribution in [2.24, 2.45) is 5.92 Å². The SMILES string of the molecule is COc1ccc(C(=O)N2CCC(O)C(C)C2)cc1[N+](=O)[O-]. The van der Waals surface area contributed by atoms with E-state index in [1.165, 1.54) is 25.3 Å². The molecule has 1 aromatic carbocycles. The zero-order valence-electron chi connectivity index (χ0n) is 12.0. The van der Waals surface area contributed by atoms with Gasteiger partial charge in [-0.15, -0.1) is 0 Å². The van der Waals surface area contributed by atoms with Crippen molar-refractivity contribution in [3.8, 4) is 5.75 Å². The van der Waals surface area contributed by atoms with Crippen LogP contribution in [0.3, 0.4) is 0 Å². The minimum Gasteiger partial charge on any atom is -0.490 e. The Morgan fingerprint density at radius 1 is 1.52 bits per heavy atom. The van der Waals surface area contributed by atoms with Crippen LogP contribution in [0.4, 0.5) is 5.69 Å². The maximum atomic E-state index is 12.4. The molecule has 114 valence electrons. The highest BCUT2D eigenvalue weighted by Crippen LogP contribution is 2.28. The molecule has 1 saturated heterocycles. The van der Waals surface area contributed by atoms with Gasteiger partial charge in [0.2, 0.25) is 0 Å². The van der Waals surface area contributed by atoms with Crippen LogP contribution in [0.25, 0.3) is 0 Å². The van der Waals surface area contributed by atoms with Gasteiger partial charge in [-0.3, -0.25) is 14.9 Å². The summed E-state index contributed by atoms with van der Waals surface area (Å²) >= 11 is 0. The number of hydrogen-bond donors (Lipinski definition) is 1. The third-order valence-corrected chi connectivity index (χ3v) is 3.77. The lowest BCUT2D eigenvalue weighted by molar-refractivity contribution is -0.385. The summed E-state index contributed by atoms with van der Waals surface area (Å²) < 4.78 is 4.92. The van der Waals surface area contributed by atoms with Crippen LogP contribution >= 0.6 is 0 Å². The number of nitro benzene ring substituents is 1. The lowest BCUT2D eigenvalue weighted by Gasteiger charge is -2.34. The highest BCUT2D eigenvalue weighted by atomic mass is 16.6. The number of nitro groups is 1. The highest BCUT2D eigenvalue weighted by Gasteiger charge is 2.29. The number of piperidine rings is 1. The van der Waals surface area contributed by atoms with Gasteiger partial charge in [0.15, 0.2) is 5.75 Å². The van der Waals surface area contributed by atoms with Crippen LogP contribution in [0.15, 0.2) is 18.2 Å². The van der Waals surface area contributed by atoms with E-state index < -0.39 is 11.0 Å². The fourth-order valence-corrected chi connectivity index (χ4v) is 2.47. The number of likely N-dealkylation sites (tertiary alicyclic amines) is 1. The molecule has 1 heterocycles. The van der Waals surface area contributed by atoms with E-state index in [1.807, 2.05) is 6.92 Å². The number of aliphatic hydroxyl groups excluding tert-OH is 1. The summed E-state index contributed by atoms with van der Waals surface area (Å²) in [6, 6.07) is 4.17. The summed E-state index contributed by atoms with van der Waals surface area (Å²) in [6.07, 6.45) is 0.116. The summed E-state index contributed by atoms with van der Waals surface area (Å²) in [4.78, 5) is 24.4. The second kappa shape index (κ2) is 6.09. The fraction of sp³-hybridized carbons (Fsp3) is 0.500. The molecule has 2 rings (SSSR count). The van der Waals surface area contributed by atoms with E-state index in [-0.39, 0.29) is 28.8 Å². The van der Waals surface area contributed by atoms with E-state index in [0.717, 1.165) is 0 Å². The smallest absolute Gasteiger partial charge is 0.311 e. The van der Waals surface area contributed by atoms with Crippen LogP contribution < -0.4 is 4.74 Å². The van der Waals surface area contributed by atoms with Gasteiger partial charge in [0, 0.05) is 24.7 Å². The predicted octanol–water partition coefficient (Wildman–Crippen LogP) is 1.45. The lowest BCUT2D eigenvalue weighted by Crippen LogP contribution is -2.44. The zero-order valence-corrected chi connectivity index (χ0v) is 12.0. The maximum absolute atomic E-state index is 12.4. The molecule has 1 N–H and O–H groups in total. The van der Waals surface area contributed by atoms with Crippen molar-refractivity contribution in [3.63, 3.8) is 0 Å². The van der Waals surface area contributed by atoms with E-state index in [4.69, 9.17) is 4.74 Å². The lowest BCUT2D eigenvalue weighted by atomic mass is 9.96. The Morgan fingerprint density at radius 3 is 2.81 bits per heavy atom. The number of carbonyl (C=O) groups is 1. The largest absolute Gasteiger partial charge is 0.490 e. The molecule has 21 heavy (non-hydrogen) atoms. The Hall–Kier alpha value is -2.15. The number of carbonyl (C=O) groups excluding carboxylic acids is 1. The number of rotatable bonds is 3. The van der Waals surface area contributed by atoms with Crippen LogP contribution in [0.1, 0.15) is 23.7 Å². The van der Waals surface area contributed by atoms with Crippen molar-refractivity contribution in [2.75, 3.05) is 20.2 Å². The van der Waals surface area contributed by atoms with Crippen molar-refractivity contribution in [1.82, 2.24) is 4.90 Å². The summed E-state index contributed by atoms with van der Waals surface area (Å²) in [5, 5.41) is 20.7. The number of methoxy groups -OCH3 is 1. The van der Waals surface area contributed by atoms with Gasteiger partial charge < -0.3 is 14.7 Å². The minimum absolute atomic E-state index is 0.00376. The van der Waals surface area contributed by atoms with Crippen molar-refractivity contribution in [2.45, 2.75) is 19.4 Å². The Morgan fingerprint density at radius 2 is 2.24 bits per heavy atom. The first kappa shape index (κ1) is 15.2. The van der Waals surface area contributed by atoms with Gasteiger partial charge in [-0.2, -0.15) is 0 Å². The summed E-state index contributed by atoms with van der Waals surface area (Å²) in [7, 11) is 1.34. The molecule has 0 aromatic heterocycles. The van der Waals surface area contributed by atoms with Crippen LogP contribution in [-0.2, 0) is 0 Å². The maximum Gasteiger partial charge on any atom is 0.311 e. The second-order valence-electron chi connectivity index (χ2n) is 5.23. The molecule has 0 radical (unpaired) electrons. The molecule has 7 heteroatoms. The molecule has 0 spiro atoms. The molecule has 2 atom stereocenters. The van der Waals surface area contributed by atoms with Gasteiger partial charge in [0.1, 0.15) is 0 Å². The molecule has 7 nitrogen and oxygen atoms in total. The third-order valence-electron chi connectivity index (χ3n) is 3.77. The quantitative estimate of drug-likeness (QED) is 0.672. The standard InChI is InChI=1S/C14H18N2O5/c1-9-8-15(6-5-12(9)17)14(18)10-3-4-13(21-2)11(7-10)16(19)20/h3-4,7,9,12,17H,5-6,8H2,1-2H3. The zero-order chi connectivity index (χ0) is 15.6. The van der Waals surface area contributed by atoms with Crippen LogP contribution in [0.5, 0.6) is 5.75 Å². The van der Waals surface area contributed by atoms with Gasteiger partial charge in [0.05, 0.1) is 18.1 Å². The average molecular weight is 294 g/mol. The van der Waals surface area contributed by atoms with E-state index in [1.54, 1.807) is 4.90 Å². The molecule has 0 saturated carbocycles. The number of aliphatic hydroxyl groups is 1. The van der Waals surface area contributed by atoms with Crippen molar-refractivity contribution in [3.05, 3.63) is 33.9 Å². The van der Waals surface area contributed by atoms with Gasteiger partial charge in [-0.1, -0.05) is 6.92 Å². The monoisotopic (exact) mass is 294 g/mol. The number of amides is 1. The highest BCUT2D eigenvalue weighted by molar-refractivity contribution is 5.95. The van der Waals surface area contributed by atoms with Gasteiger partial charge in [-0.05, 0) is 24.5 Å². The Kier molecular flexibility index (Phi) is 4.42. The minimum atomic E-state index is -0.571. The molecular weight excluding hydrogens is 276 g/mol. The normalized spacial score (nSPS) is 22.0. The second-order valence-corrected chi connectivity index (χ2v) is 5.23. The summed E-state index contributed by atoms with van der Waals surface area (Å²) in [5.41, 5.74) is 0.0273. The number of benzene rings is 1. The first-order chi connectivity index (χ1) is 9.93. The van der Waals surface area contributed by atoms with E-state index in [2.05, 4.69) is 0 Å². The number of ether oxygens (including phenoxy) is 1. The van der Waals surface area contributed by atoms with Crippen molar-refractivity contribution in [1.29, 1.82) is 0 Å². The van der Waals surface area contributed by atoms with Crippen molar-refractivity contribution < 1.29 is 19.6 Å². The third kappa shape index (κ3) is 3.13. The first-order valence-corrected chi connectivity index (χ1v) is 6.73. The van der Waals surface area contributed by atoms with E-state index >= 15 is 0 Å². The van der Waals surface area contributed by atoms with Gasteiger partial charge >= 0.3 is 5.69 Å². The molecular formula is C14H18N2O5. The molecule has 1 aliphatic heterocycles. The summed E-state index contributed by atoms with van der Waals surface area (Å²) in [5.74, 6) is -0.144. The first-order valence-electron chi connectivity index (χ1n) is 6.73. The molecule has 1 fully saturated rings. The molecule has 0 aliphatic carbocycles. The predicted molar refractivity (Wildman–Crippen MR) is 75.3 cm³/mol. The van der Waals surface area contributed by atoms with Crippen LogP contribution in [-0.4, -0.2) is 47.1 Å². The van der Waals surface area contributed by atoms with Crippen LogP contribution in [0.2, 0.25) is 0 Å². The molecule has 1 amide bonds. The molecule has 1 aromatic rings. The summed E-state index contributed by atoms with van der Waals surface area (Å²) in [6.45, 7) is 2.77. The van der Waals surface area contributed by atoms with E-state index in [0.29, 0.717) is 19.5 Å². The molecule has 0 bridgehead atoms. The number of hydrogen-bond acceptors (Lipinski definition) is 5. The van der Waals surface area contributed by atoms with Gasteiger partial charge in [0.25, 0.3) is 5.91 Å². The Bertz CT molecular complexity index is 560. The molecule has 1 aliphatic rings. The fourth-order valence-electron chi connectivity index (χ4n) is 2.47. The topological polar surface area (TPSA) is 92.9 Å². The van der Waals surface area contributed by atoms with Crippen LogP contribution in [0, 0.1) is 16.0 Å². The van der Waals surface area contributed by atoms with Gasteiger partial charge in [-0.25, -0.2) is 0 Å².